The lowest BCUT2D eigenvalue weighted by Gasteiger charge is -2.50. The first-order valence-electron chi connectivity index (χ1n) is 42.2. The van der Waals surface area contributed by atoms with Crippen LogP contribution in [0.15, 0.2) is 95.3 Å². The molecule has 0 radical (unpaired) electrons. The number of hydrogen-bond acceptors (Lipinski definition) is 25. The molecule has 18 rings (SSSR count). The van der Waals surface area contributed by atoms with Crippen LogP contribution in [0.4, 0.5) is 97.8 Å². The first-order chi connectivity index (χ1) is 58.4. The van der Waals surface area contributed by atoms with Gasteiger partial charge in [0.15, 0.2) is 24.0 Å². The summed E-state index contributed by atoms with van der Waals surface area (Å²) in [4.78, 5) is 128. The first-order valence-corrected chi connectivity index (χ1v) is 42.2. The van der Waals surface area contributed by atoms with Crippen molar-refractivity contribution in [2.45, 2.75) is 180 Å². The zero-order chi connectivity index (χ0) is 87.5. The van der Waals surface area contributed by atoms with Gasteiger partial charge in [0.05, 0.1) is 69.9 Å². The van der Waals surface area contributed by atoms with Gasteiger partial charge in [-0.3, -0.25) is 28.3 Å². The Hall–Kier alpha value is -11.2. The van der Waals surface area contributed by atoms with E-state index in [2.05, 4.69) is 45.9 Å². The number of anilines is 8. The van der Waals surface area contributed by atoms with Crippen molar-refractivity contribution in [2.24, 2.45) is 47.3 Å². The molecule has 8 bridgehead atoms. The van der Waals surface area contributed by atoms with E-state index in [4.69, 9.17) is 14.7 Å². The van der Waals surface area contributed by atoms with Crippen LogP contribution in [0.2, 0.25) is 0 Å². The van der Waals surface area contributed by atoms with E-state index < -0.39 is 92.6 Å². The molecule has 10 fully saturated rings. The number of fused-ring (bicyclic) bond motifs is 10. The van der Waals surface area contributed by atoms with Crippen LogP contribution in [0.3, 0.4) is 0 Å². The molecule has 0 spiro atoms. The average Bonchev–Trinajstić information content (AvgIpc) is 1.15. The fraction of sp³-hybridized carbons (Fsp3) is 0.565. The van der Waals surface area contributed by atoms with Gasteiger partial charge in [-0.2, -0.15) is 9.97 Å². The van der Waals surface area contributed by atoms with Gasteiger partial charge in [0.1, 0.15) is 28.5 Å². The van der Waals surface area contributed by atoms with E-state index in [9.17, 15) is 70.5 Å². The van der Waals surface area contributed by atoms with E-state index in [1.807, 2.05) is 25.7 Å². The molecule has 4 saturated carbocycles. The van der Waals surface area contributed by atoms with Crippen molar-refractivity contribution in [1.29, 1.82) is 0 Å². The summed E-state index contributed by atoms with van der Waals surface area (Å²) >= 11 is 0. The van der Waals surface area contributed by atoms with Gasteiger partial charge in [-0.15, -0.1) is 0 Å². The van der Waals surface area contributed by atoms with Gasteiger partial charge >= 0.3 is 17.7 Å². The summed E-state index contributed by atoms with van der Waals surface area (Å²) in [5, 5.41) is 31.8. The molecule has 3 N–H and O–H groups in total. The van der Waals surface area contributed by atoms with Crippen molar-refractivity contribution >= 4 is 97.6 Å². The van der Waals surface area contributed by atoms with Gasteiger partial charge in [-0.05, 0) is 167 Å². The van der Waals surface area contributed by atoms with Gasteiger partial charge in [0.2, 0.25) is 11.9 Å². The number of hydrogen-bond donors (Lipinski definition) is 3. The standard InChI is InChI=1S/C32H39F2N7O4.C27H31F2N7O2.2C13H15F2N3O2/c1-18-24-13-36-29(38-27(24)41(22-8-6-7-9-22)28(43)26(18)19(2)42)37-25-11-10-23(12-35-25)39-14-20-16-40(30(44)45-31(3,4)5)17-21(15-39)32(20,33)34;1-15-21-12-32-26(34-24(21)36(19-5-3-4-6-19)25(38)23(15)16(2)37)33-22-8-7-20(11-31-22)35-13-17-9-30-10-18(14-35)27(17,28)29;2*14-13(15)9-2-1-3-10(13)8-17(7-9)11-4-5-12(16-6-11)18(19)20/h10-13,20-22H,6-9,14-17H2,1-5H3,(H,35,36,37,38);7-8,11-12,17-19,30H,3-6,9-10,13-14H2,1-2H3,(H,31,32,33,34);2*4-6,9-10H,1-3,7-8H2. The van der Waals surface area contributed by atoms with Crippen molar-refractivity contribution in [3.8, 4) is 0 Å². The lowest BCUT2D eigenvalue weighted by Crippen LogP contribution is -2.64. The SMILES string of the molecule is CC(=O)c1c(C)c2cnc(Nc3ccc(N4CC5CN(C(=O)OC(C)(C)C)CC(C4)C5(F)F)cn3)nc2n(C2CCCC2)c1=O.CC(=O)c1c(C)c2cnc(Nc3ccc(N4CC5CNCC(C4)C5(F)F)cn3)nc2n(C2CCCC2)c1=O.O=[N+]([O-])c1ccc(N2CC3CCCC(C2)C3(F)F)cn1.O=[N+]([O-])c1ccc(N2CC3CCCC(C2)C3(F)F)cn1. The number of Topliss-reactive ketones (excluding diaryl/α,β-unsaturated/α-hetero) is 2. The van der Waals surface area contributed by atoms with Crippen molar-refractivity contribution in [1.82, 2.24) is 59.2 Å². The third-order valence-electron chi connectivity index (χ3n) is 26.2. The van der Waals surface area contributed by atoms with Crippen LogP contribution in [0, 0.1) is 81.4 Å². The van der Waals surface area contributed by atoms with Crippen molar-refractivity contribution in [2.75, 3.05) is 109 Å². The van der Waals surface area contributed by atoms with Gasteiger partial charge in [-0.25, -0.2) is 59.9 Å². The summed E-state index contributed by atoms with van der Waals surface area (Å²) in [5.74, 6) is -16.2. The Morgan fingerprint density at radius 3 is 1.09 bits per heavy atom. The average molecular weight is 1710 g/mol. The van der Waals surface area contributed by atoms with E-state index in [0.717, 1.165) is 69.9 Å². The predicted molar refractivity (Wildman–Crippen MR) is 444 cm³/mol. The van der Waals surface area contributed by atoms with Crippen molar-refractivity contribution in [3.05, 3.63) is 149 Å². The maximum absolute atomic E-state index is 15.2. The number of rotatable bonds is 14. The molecule has 10 aliphatic rings. The maximum atomic E-state index is 15.2. The molecular weight excluding hydrogens is 1610 g/mol. The van der Waals surface area contributed by atoms with Gasteiger partial charge in [0, 0.05) is 150 Å². The number of piperidine rings is 6. The van der Waals surface area contributed by atoms with Gasteiger partial charge < -0.3 is 65.4 Å². The molecule has 14 heterocycles. The molecule has 123 heavy (non-hydrogen) atoms. The molecule has 656 valence electrons. The number of nitrogens with one attached hydrogen (secondary N) is 3. The number of nitrogens with zero attached hydrogens (tertiary/aromatic N) is 17. The first kappa shape index (κ1) is 86.7. The smallest absolute Gasteiger partial charge is 0.410 e. The summed E-state index contributed by atoms with van der Waals surface area (Å²) in [6, 6.07) is 12.9. The quantitative estimate of drug-likeness (QED) is 0.0394. The predicted octanol–water partition coefficient (Wildman–Crippen LogP) is 15.1. The minimum absolute atomic E-state index is 0.00419. The number of carbonyl (C=O) groups excluding carboxylic acids is 3. The number of ketones is 2. The number of carbonyl (C=O) groups is 3. The minimum atomic E-state index is -2.89. The van der Waals surface area contributed by atoms with E-state index >= 15 is 8.78 Å². The largest absolute Gasteiger partial charge is 0.444 e. The Balaban J connectivity index is 0.000000135. The highest BCUT2D eigenvalue weighted by molar-refractivity contribution is 6.00. The van der Waals surface area contributed by atoms with Crippen LogP contribution in [-0.2, 0) is 4.74 Å². The zero-order valence-corrected chi connectivity index (χ0v) is 69.5. The lowest BCUT2D eigenvalue weighted by molar-refractivity contribution is -0.389. The fourth-order valence-corrected chi connectivity index (χ4v) is 19.7. The van der Waals surface area contributed by atoms with E-state index in [0.29, 0.717) is 127 Å². The number of nitro groups is 2. The van der Waals surface area contributed by atoms with E-state index in [1.165, 1.54) is 43.3 Å². The summed E-state index contributed by atoms with van der Waals surface area (Å²) in [5.41, 5.74) is 4.04. The molecule has 38 heteroatoms. The molecule has 8 aromatic rings. The van der Waals surface area contributed by atoms with Crippen molar-refractivity contribution in [3.63, 3.8) is 0 Å². The molecule has 0 aromatic carbocycles. The fourth-order valence-electron chi connectivity index (χ4n) is 19.7. The highest BCUT2D eigenvalue weighted by atomic mass is 19.3. The second-order valence-electron chi connectivity index (χ2n) is 35.3. The molecule has 8 aromatic heterocycles. The summed E-state index contributed by atoms with van der Waals surface area (Å²) < 4.78 is 124. The third-order valence-corrected chi connectivity index (χ3v) is 26.2. The van der Waals surface area contributed by atoms with Crippen LogP contribution in [0.5, 0.6) is 0 Å². The second kappa shape index (κ2) is 34.5. The number of amides is 1. The van der Waals surface area contributed by atoms with Crippen LogP contribution in [-0.4, -0.2) is 189 Å². The Morgan fingerprint density at radius 2 is 0.772 bits per heavy atom. The van der Waals surface area contributed by atoms with Crippen molar-refractivity contribution < 1.29 is 64.1 Å². The maximum Gasteiger partial charge on any atom is 0.410 e. The minimum Gasteiger partial charge on any atom is -0.444 e. The molecule has 6 saturated heterocycles. The van der Waals surface area contributed by atoms with E-state index in [1.54, 1.807) is 98.9 Å². The number of aromatic nitrogens is 10. The molecule has 1 amide bonds. The normalized spacial score (nSPS) is 24.2. The Kier molecular flexibility index (Phi) is 24.3. The summed E-state index contributed by atoms with van der Waals surface area (Å²) in [6.07, 6.45) is 20.2. The molecule has 8 atom stereocenters. The Labute approximate surface area is 702 Å². The number of alkyl halides is 8. The van der Waals surface area contributed by atoms with E-state index in [-0.39, 0.29) is 109 Å². The van der Waals surface area contributed by atoms with Gasteiger partial charge in [-0.1, -0.05) is 38.5 Å². The number of halogens is 8. The number of pyridine rings is 6. The highest BCUT2D eigenvalue weighted by Gasteiger charge is 2.59. The monoisotopic (exact) mass is 1710 g/mol. The second-order valence-corrected chi connectivity index (χ2v) is 35.3. The van der Waals surface area contributed by atoms with Crippen LogP contribution >= 0.6 is 0 Å². The topological polar surface area (TPSA) is 346 Å². The molecule has 8 unspecified atom stereocenters. The molecule has 30 nitrogen and oxygen atoms in total. The number of ether oxygens (including phenoxy) is 1. The zero-order valence-electron chi connectivity index (χ0n) is 69.5. The number of aryl methyl sites for hydroxylation is 2. The van der Waals surface area contributed by atoms with Crippen LogP contribution in [0.25, 0.3) is 22.1 Å². The van der Waals surface area contributed by atoms with Gasteiger partial charge in [0.25, 0.3) is 34.8 Å². The molecule has 4 aliphatic carbocycles. The van der Waals surface area contributed by atoms with Crippen LogP contribution < -0.4 is 46.7 Å². The highest BCUT2D eigenvalue weighted by Crippen LogP contribution is 2.51. The van der Waals surface area contributed by atoms with Crippen LogP contribution in [0.1, 0.15) is 168 Å². The molecule has 6 aliphatic heterocycles. The number of likely N-dealkylation sites (tertiary alicyclic amines) is 1. The lowest BCUT2D eigenvalue weighted by atomic mass is 9.74. The third kappa shape index (κ3) is 17.8. The molecular formula is C85H100F8N20O10. The Morgan fingerprint density at radius 1 is 0.447 bits per heavy atom. The Bertz CT molecular complexity index is 5260. The summed E-state index contributed by atoms with van der Waals surface area (Å²) in [7, 11) is 0. The summed E-state index contributed by atoms with van der Waals surface area (Å²) in [6.45, 7) is 13.9.